The molecule has 0 aliphatic rings. The first-order valence-corrected chi connectivity index (χ1v) is 5.53. The lowest BCUT2D eigenvalue weighted by atomic mass is 9.98. The molecule has 0 atom stereocenters. The number of hydrogen-bond acceptors (Lipinski definition) is 0. The monoisotopic (exact) mass is 216 g/mol. The fourth-order valence-corrected chi connectivity index (χ4v) is 1.92. The SMILES string of the molecule is CCc1ccc(Cl)cc1-c1ccccc1. The maximum absolute atomic E-state index is 6.02. The van der Waals surface area contributed by atoms with Gasteiger partial charge in [-0.15, -0.1) is 0 Å². The zero-order chi connectivity index (χ0) is 10.7. The van der Waals surface area contributed by atoms with E-state index in [9.17, 15) is 0 Å². The van der Waals surface area contributed by atoms with Crippen molar-refractivity contribution >= 4 is 11.6 Å². The molecule has 0 nitrogen and oxygen atoms in total. The molecule has 0 aliphatic heterocycles. The second-order valence-electron chi connectivity index (χ2n) is 3.52. The first-order valence-electron chi connectivity index (χ1n) is 5.15. The Morgan fingerprint density at radius 1 is 1.00 bits per heavy atom. The maximum atomic E-state index is 6.02. The molecule has 0 N–H and O–H groups in total. The quantitative estimate of drug-likeness (QED) is 0.690. The van der Waals surface area contributed by atoms with Crippen LogP contribution in [0, 0.1) is 0 Å². The van der Waals surface area contributed by atoms with Crippen molar-refractivity contribution in [1.29, 1.82) is 0 Å². The predicted octanol–water partition coefficient (Wildman–Crippen LogP) is 4.57. The largest absolute Gasteiger partial charge is 0.0843 e. The first-order chi connectivity index (χ1) is 7.31. The number of rotatable bonds is 2. The van der Waals surface area contributed by atoms with Gasteiger partial charge in [0, 0.05) is 5.02 Å². The lowest BCUT2D eigenvalue weighted by Gasteiger charge is -2.08. The van der Waals surface area contributed by atoms with E-state index in [4.69, 9.17) is 11.6 Å². The second-order valence-corrected chi connectivity index (χ2v) is 3.96. The summed E-state index contributed by atoms with van der Waals surface area (Å²) in [7, 11) is 0. The molecule has 0 amide bonds. The molecule has 0 fully saturated rings. The predicted molar refractivity (Wildman–Crippen MR) is 66.3 cm³/mol. The standard InChI is InChI=1S/C14H13Cl/c1-2-11-8-9-13(15)10-14(11)12-6-4-3-5-7-12/h3-10H,2H2,1H3. The van der Waals surface area contributed by atoms with Crippen LogP contribution in [-0.2, 0) is 6.42 Å². The molecule has 0 unspecified atom stereocenters. The smallest absolute Gasteiger partial charge is 0.0412 e. The molecule has 0 spiro atoms. The summed E-state index contributed by atoms with van der Waals surface area (Å²) in [6, 6.07) is 16.5. The molecule has 0 aliphatic carbocycles. The van der Waals surface area contributed by atoms with Crippen LogP contribution in [-0.4, -0.2) is 0 Å². The second kappa shape index (κ2) is 4.50. The van der Waals surface area contributed by atoms with E-state index in [1.54, 1.807) is 0 Å². The molecular weight excluding hydrogens is 204 g/mol. The van der Waals surface area contributed by atoms with Crippen molar-refractivity contribution in [3.63, 3.8) is 0 Å². The minimum atomic E-state index is 0.797. The summed E-state index contributed by atoms with van der Waals surface area (Å²) in [6.07, 6.45) is 1.03. The summed E-state index contributed by atoms with van der Waals surface area (Å²) < 4.78 is 0. The molecule has 1 heteroatoms. The van der Waals surface area contributed by atoms with Gasteiger partial charge in [0.05, 0.1) is 0 Å². The Morgan fingerprint density at radius 2 is 1.73 bits per heavy atom. The van der Waals surface area contributed by atoms with E-state index in [2.05, 4.69) is 37.3 Å². The fraction of sp³-hybridized carbons (Fsp3) is 0.143. The summed E-state index contributed by atoms with van der Waals surface area (Å²) in [5.74, 6) is 0. The third-order valence-corrected chi connectivity index (χ3v) is 2.77. The van der Waals surface area contributed by atoms with Crippen LogP contribution >= 0.6 is 11.6 Å². The van der Waals surface area contributed by atoms with Crippen LogP contribution in [0.2, 0.25) is 5.02 Å². The molecule has 76 valence electrons. The highest BCUT2D eigenvalue weighted by Crippen LogP contribution is 2.27. The summed E-state index contributed by atoms with van der Waals surface area (Å²) >= 11 is 6.02. The van der Waals surface area contributed by atoms with Gasteiger partial charge in [-0.05, 0) is 35.2 Å². The van der Waals surface area contributed by atoms with Gasteiger partial charge in [0.15, 0.2) is 0 Å². The van der Waals surface area contributed by atoms with Crippen LogP contribution in [0.5, 0.6) is 0 Å². The van der Waals surface area contributed by atoms with Crippen molar-refractivity contribution in [2.45, 2.75) is 13.3 Å². The maximum Gasteiger partial charge on any atom is 0.0412 e. The van der Waals surface area contributed by atoms with Crippen LogP contribution in [0.1, 0.15) is 12.5 Å². The van der Waals surface area contributed by atoms with Gasteiger partial charge in [-0.2, -0.15) is 0 Å². The Morgan fingerprint density at radius 3 is 2.40 bits per heavy atom. The molecule has 0 bridgehead atoms. The average molecular weight is 217 g/mol. The van der Waals surface area contributed by atoms with Crippen molar-refractivity contribution in [2.75, 3.05) is 0 Å². The third-order valence-electron chi connectivity index (χ3n) is 2.54. The van der Waals surface area contributed by atoms with Crippen LogP contribution < -0.4 is 0 Å². The van der Waals surface area contributed by atoms with E-state index in [0.717, 1.165) is 11.4 Å². The van der Waals surface area contributed by atoms with Crippen molar-refractivity contribution in [2.24, 2.45) is 0 Å². The minimum Gasteiger partial charge on any atom is -0.0843 e. The highest BCUT2D eigenvalue weighted by Gasteiger charge is 2.03. The van der Waals surface area contributed by atoms with Gasteiger partial charge in [0.25, 0.3) is 0 Å². The molecule has 0 radical (unpaired) electrons. The van der Waals surface area contributed by atoms with E-state index in [1.807, 2.05) is 18.2 Å². The average Bonchev–Trinajstić information content (AvgIpc) is 2.30. The Kier molecular flexibility index (Phi) is 3.08. The number of benzene rings is 2. The number of halogens is 1. The Balaban J connectivity index is 2.56. The van der Waals surface area contributed by atoms with Gasteiger partial charge in [-0.1, -0.05) is 54.9 Å². The topological polar surface area (TPSA) is 0 Å². The fourth-order valence-electron chi connectivity index (χ4n) is 1.74. The highest BCUT2D eigenvalue weighted by atomic mass is 35.5. The summed E-state index contributed by atoms with van der Waals surface area (Å²) in [4.78, 5) is 0. The van der Waals surface area contributed by atoms with Gasteiger partial charge >= 0.3 is 0 Å². The van der Waals surface area contributed by atoms with E-state index in [1.165, 1.54) is 16.7 Å². The van der Waals surface area contributed by atoms with Gasteiger partial charge < -0.3 is 0 Å². The molecule has 0 saturated heterocycles. The van der Waals surface area contributed by atoms with Crippen LogP contribution in [0.15, 0.2) is 48.5 Å². The van der Waals surface area contributed by atoms with Crippen molar-refractivity contribution in [3.05, 3.63) is 59.1 Å². The van der Waals surface area contributed by atoms with Crippen LogP contribution in [0.4, 0.5) is 0 Å². The van der Waals surface area contributed by atoms with Crippen LogP contribution in [0.3, 0.4) is 0 Å². The molecule has 0 heterocycles. The van der Waals surface area contributed by atoms with Crippen molar-refractivity contribution in [3.8, 4) is 11.1 Å². The normalized spacial score (nSPS) is 10.3. The molecule has 2 aromatic rings. The first kappa shape index (κ1) is 10.3. The Labute approximate surface area is 95.5 Å². The van der Waals surface area contributed by atoms with E-state index in [-0.39, 0.29) is 0 Å². The number of hydrogen-bond donors (Lipinski definition) is 0. The van der Waals surface area contributed by atoms with Crippen molar-refractivity contribution < 1.29 is 0 Å². The van der Waals surface area contributed by atoms with Gasteiger partial charge in [0.2, 0.25) is 0 Å². The molecule has 15 heavy (non-hydrogen) atoms. The lowest BCUT2D eigenvalue weighted by molar-refractivity contribution is 1.14. The summed E-state index contributed by atoms with van der Waals surface area (Å²) in [5, 5.41) is 0.797. The zero-order valence-electron chi connectivity index (χ0n) is 8.70. The molecule has 2 aromatic carbocycles. The Bertz CT molecular complexity index is 446. The summed E-state index contributed by atoms with van der Waals surface area (Å²) in [6.45, 7) is 2.16. The molecule has 2 rings (SSSR count). The van der Waals surface area contributed by atoms with Gasteiger partial charge in [-0.25, -0.2) is 0 Å². The molecular formula is C14H13Cl. The van der Waals surface area contributed by atoms with E-state index in [0.29, 0.717) is 0 Å². The number of aryl methyl sites for hydroxylation is 1. The van der Waals surface area contributed by atoms with Gasteiger partial charge in [0.1, 0.15) is 0 Å². The van der Waals surface area contributed by atoms with Crippen LogP contribution in [0.25, 0.3) is 11.1 Å². The molecule has 0 aromatic heterocycles. The van der Waals surface area contributed by atoms with E-state index < -0.39 is 0 Å². The van der Waals surface area contributed by atoms with Gasteiger partial charge in [-0.3, -0.25) is 0 Å². The Hall–Kier alpha value is -1.27. The summed E-state index contributed by atoms with van der Waals surface area (Å²) in [5.41, 5.74) is 3.81. The van der Waals surface area contributed by atoms with Crippen molar-refractivity contribution in [1.82, 2.24) is 0 Å². The molecule has 0 saturated carbocycles. The highest BCUT2D eigenvalue weighted by molar-refractivity contribution is 6.30. The lowest BCUT2D eigenvalue weighted by Crippen LogP contribution is -1.87. The zero-order valence-corrected chi connectivity index (χ0v) is 9.46. The third kappa shape index (κ3) is 2.21. The van der Waals surface area contributed by atoms with E-state index >= 15 is 0 Å². The minimum absolute atomic E-state index is 0.797.